The summed E-state index contributed by atoms with van der Waals surface area (Å²) in [6.45, 7) is 8.83. The molecule has 4 heteroatoms. The quantitative estimate of drug-likeness (QED) is 0.292. The van der Waals surface area contributed by atoms with Crippen LogP contribution in [0.15, 0.2) is 0 Å². The zero-order valence-corrected chi connectivity index (χ0v) is 15.2. The Bertz CT molecular complexity index is 254. The molecule has 0 spiro atoms. The molecule has 0 saturated carbocycles. The number of carbonyl (C=O) groups excluding carboxylic acids is 1. The molecule has 0 fully saturated rings. The summed E-state index contributed by atoms with van der Waals surface area (Å²) in [4.78, 5) is 11.9. The molecule has 0 amide bonds. The highest BCUT2D eigenvalue weighted by Gasteiger charge is 2.35. The number of carbonyl (C=O) groups is 1. The van der Waals surface area contributed by atoms with Crippen molar-refractivity contribution in [3.63, 3.8) is 0 Å². The van der Waals surface area contributed by atoms with Crippen LogP contribution in [0.5, 0.6) is 0 Å². The van der Waals surface area contributed by atoms with E-state index in [0.29, 0.717) is 6.61 Å². The second-order valence-corrected chi connectivity index (χ2v) is 10.7. The van der Waals surface area contributed by atoms with Gasteiger partial charge in [0.25, 0.3) is 0 Å². The molecule has 0 aromatic rings. The number of hydrogen-bond donors (Lipinski definition) is 0. The number of ether oxygens (including phenoxy) is 1. The van der Waals surface area contributed by atoms with Crippen LogP contribution >= 0.6 is 0 Å². The van der Waals surface area contributed by atoms with Gasteiger partial charge in [-0.3, -0.25) is 4.79 Å². The number of unbranched alkanes of at least 4 members (excludes halogenated alkanes) is 7. The Balaban J connectivity index is 3.53. The lowest BCUT2D eigenvalue weighted by atomic mass is 10.1. The van der Waals surface area contributed by atoms with Crippen molar-refractivity contribution in [2.75, 3.05) is 13.7 Å². The Kier molecular flexibility index (Phi) is 11.1. The molecule has 0 aromatic heterocycles. The molecule has 3 nitrogen and oxygen atoms in total. The molecule has 0 rings (SSSR count). The van der Waals surface area contributed by atoms with Crippen LogP contribution in [0.2, 0.25) is 18.6 Å². The molecule has 0 radical (unpaired) electrons. The van der Waals surface area contributed by atoms with Crippen LogP contribution in [0.3, 0.4) is 0 Å². The zero-order chi connectivity index (χ0) is 15.4. The van der Waals surface area contributed by atoms with Crippen molar-refractivity contribution in [2.45, 2.75) is 83.8 Å². The monoisotopic (exact) mass is 302 g/mol. The summed E-state index contributed by atoms with van der Waals surface area (Å²) in [7, 11) is -0.223. The van der Waals surface area contributed by atoms with Gasteiger partial charge in [-0.2, -0.15) is 0 Å². The summed E-state index contributed by atoms with van der Waals surface area (Å²) < 4.78 is 10.8. The summed E-state index contributed by atoms with van der Waals surface area (Å²) >= 11 is 0. The predicted molar refractivity (Wildman–Crippen MR) is 87.5 cm³/mol. The van der Waals surface area contributed by atoms with E-state index in [-0.39, 0.29) is 11.5 Å². The van der Waals surface area contributed by atoms with Gasteiger partial charge in [0.2, 0.25) is 0 Å². The lowest BCUT2D eigenvalue weighted by Crippen LogP contribution is -2.38. The van der Waals surface area contributed by atoms with Crippen molar-refractivity contribution >= 4 is 14.3 Å². The molecular weight excluding hydrogens is 268 g/mol. The first kappa shape index (κ1) is 19.6. The number of esters is 1. The Labute approximate surface area is 126 Å². The van der Waals surface area contributed by atoms with Crippen LogP contribution in [0.25, 0.3) is 0 Å². The van der Waals surface area contributed by atoms with Crippen LogP contribution < -0.4 is 0 Å². The van der Waals surface area contributed by atoms with Gasteiger partial charge in [0.15, 0.2) is 8.32 Å². The first-order valence-electron chi connectivity index (χ1n) is 8.17. The van der Waals surface area contributed by atoms with E-state index < -0.39 is 8.32 Å². The van der Waals surface area contributed by atoms with Crippen molar-refractivity contribution in [3.8, 4) is 0 Å². The van der Waals surface area contributed by atoms with Gasteiger partial charge in [0, 0.05) is 7.11 Å². The van der Waals surface area contributed by atoms with Crippen LogP contribution in [0, 0.1) is 0 Å². The van der Waals surface area contributed by atoms with Crippen molar-refractivity contribution in [3.05, 3.63) is 0 Å². The van der Waals surface area contributed by atoms with E-state index in [1.807, 2.05) is 6.92 Å². The minimum Gasteiger partial charge on any atom is -0.466 e. The third-order valence-corrected chi connectivity index (χ3v) is 7.54. The van der Waals surface area contributed by atoms with E-state index >= 15 is 0 Å². The van der Waals surface area contributed by atoms with E-state index in [4.69, 9.17) is 9.16 Å². The van der Waals surface area contributed by atoms with Gasteiger partial charge in [0.1, 0.15) is 0 Å². The first-order chi connectivity index (χ1) is 9.45. The smallest absolute Gasteiger partial charge is 0.308 e. The van der Waals surface area contributed by atoms with Gasteiger partial charge < -0.3 is 9.16 Å². The second kappa shape index (κ2) is 11.3. The van der Waals surface area contributed by atoms with E-state index in [2.05, 4.69) is 20.0 Å². The molecule has 0 bridgehead atoms. The number of hydrogen-bond acceptors (Lipinski definition) is 3. The molecule has 0 aliphatic heterocycles. The SMILES string of the molecule is CCCCCCCCCCOC(=O)C(C)[Si](C)(C)OC. The maximum atomic E-state index is 11.9. The molecular formula is C16H34O3Si. The topological polar surface area (TPSA) is 35.5 Å². The molecule has 0 heterocycles. The molecule has 0 aliphatic carbocycles. The molecule has 0 aromatic carbocycles. The van der Waals surface area contributed by atoms with Crippen molar-refractivity contribution in [1.82, 2.24) is 0 Å². The van der Waals surface area contributed by atoms with Crippen LogP contribution in [-0.4, -0.2) is 28.0 Å². The van der Waals surface area contributed by atoms with Gasteiger partial charge in [-0.1, -0.05) is 58.8 Å². The Hall–Kier alpha value is -0.353. The van der Waals surface area contributed by atoms with E-state index in [1.54, 1.807) is 7.11 Å². The third kappa shape index (κ3) is 8.75. The van der Waals surface area contributed by atoms with Crippen LogP contribution in [-0.2, 0) is 14.0 Å². The predicted octanol–water partition coefficient (Wildman–Crippen LogP) is 4.91. The average molecular weight is 303 g/mol. The fourth-order valence-electron chi connectivity index (χ4n) is 1.99. The third-order valence-electron chi connectivity index (χ3n) is 4.16. The standard InChI is InChI=1S/C16H34O3Si/c1-6-7-8-9-10-11-12-13-14-19-16(17)15(2)20(4,5)18-3/h15H,6-14H2,1-5H3. The normalized spacial score (nSPS) is 13.2. The van der Waals surface area contributed by atoms with Gasteiger partial charge in [-0.05, 0) is 19.5 Å². The summed E-state index contributed by atoms with van der Waals surface area (Å²) in [6.07, 6.45) is 10.1. The molecule has 1 unspecified atom stereocenters. The molecule has 1 atom stereocenters. The summed E-state index contributed by atoms with van der Waals surface area (Å²) in [5, 5.41) is 0. The Morgan fingerprint density at radius 1 is 1.00 bits per heavy atom. The fraction of sp³-hybridized carbons (Fsp3) is 0.938. The lowest BCUT2D eigenvalue weighted by molar-refractivity contribution is -0.143. The van der Waals surface area contributed by atoms with Gasteiger partial charge in [0.05, 0.1) is 12.1 Å². The highest BCUT2D eigenvalue weighted by molar-refractivity contribution is 6.75. The molecule has 0 saturated heterocycles. The van der Waals surface area contributed by atoms with E-state index in [1.165, 1.54) is 44.9 Å². The Morgan fingerprint density at radius 2 is 1.50 bits per heavy atom. The molecule has 120 valence electrons. The van der Waals surface area contributed by atoms with Crippen molar-refractivity contribution in [2.24, 2.45) is 0 Å². The van der Waals surface area contributed by atoms with Crippen LogP contribution in [0.4, 0.5) is 0 Å². The van der Waals surface area contributed by atoms with Gasteiger partial charge in [-0.25, -0.2) is 0 Å². The lowest BCUT2D eigenvalue weighted by Gasteiger charge is -2.25. The minimum absolute atomic E-state index is 0.0912. The summed E-state index contributed by atoms with van der Waals surface area (Å²) in [6, 6.07) is 0. The molecule has 0 N–H and O–H groups in total. The first-order valence-corrected chi connectivity index (χ1v) is 11.2. The summed E-state index contributed by atoms with van der Waals surface area (Å²) in [5.41, 5.74) is -0.0958. The maximum absolute atomic E-state index is 11.9. The van der Waals surface area contributed by atoms with Crippen molar-refractivity contribution in [1.29, 1.82) is 0 Å². The fourth-order valence-corrected chi connectivity index (χ4v) is 3.00. The van der Waals surface area contributed by atoms with Gasteiger partial charge >= 0.3 is 5.97 Å². The maximum Gasteiger partial charge on any atom is 0.308 e. The largest absolute Gasteiger partial charge is 0.466 e. The number of rotatable bonds is 12. The van der Waals surface area contributed by atoms with Gasteiger partial charge in [-0.15, -0.1) is 0 Å². The molecule has 20 heavy (non-hydrogen) atoms. The minimum atomic E-state index is -1.91. The van der Waals surface area contributed by atoms with Crippen LogP contribution in [0.1, 0.15) is 65.2 Å². The highest BCUT2D eigenvalue weighted by Crippen LogP contribution is 2.23. The summed E-state index contributed by atoms with van der Waals surface area (Å²) in [5.74, 6) is -0.0912. The Morgan fingerprint density at radius 3 is 2.00 bits per heavy atom. The second-order valence-electron chi connectivity index (χ2n) is 6.17. The van der Waals surface area contributed by atoms with Crippen molar-refractivity contribution < 1.29 is 14.0 Å². The molecule has 0 aliphatic rings. The average Bonchev–Trinajstić information content (AvgIpc) is 2.44. The van der Waals surface area contributed by atoms with E-state index in [9.17, 15) is 4.79 Å². The highest BCUT2D eigenvalue weighted by atomic mass is 28.4. The van der Waals surface area contributed by atoms with E-state index in [0.717, 1.165) is 6.42 Å². The zero-order valence-electron chi connectivity index (χ0n) is 14.2.